The number of fused-ring (bicyclic) bond motifs is 1. The van der Waals surface area contributed by atoms with E-state index in [-0.39, 0.29) is 11.3 Å². The highest BCUT2D eigenvalue weighted by atomic mass is 32.1. The van der Waals surface area contributed by atoms with Crippen LogP contribution in [0.5, 0.6) is 11.5 Å². The van der Waals surface area contributed by atoms with Crippen molar-refractivity contribution in [2.75, 3.05) is 18.6 Å². The molecule has 1 unspecified atom stereocenters. The van der Waals surface area contributed by atoms with Crippen molar-refractivity contribution in [3.63, 3.8) is 0 Å². The molecule has 0 aliphatic carbocycles. The van der Waals surface area contributed by atoms with E-state index < -0.39 is 23.5 Å². The van der Waals surface area contributed by atoms with Crippen molar-refractivity contribution in [2.24, 2.45) is 0 Å². The van der Waals surface area contributed by atoms with Crippen molar-refractivity contribution in [2.45, 2.75) is 13.0 Å². The third-order valence-corrected chi connectivity index (χ3v) is 6.51. The number of Topliss-reactive ketones (excluding diaryl/α,β-unsaturated/α-hetero) is 1. The van der Waals surface area contributed by atoms with Crippen LogP contribution in [0.1, 0.15) is 29.1 Å². The van der Waals surface area contributed by atoms with E-state index in [1.54, 1.807) is 42.5 Å². The van der Waals surface area contributed by atoms with Crippen molar-refractivity contribution in [1.29, 1.82) is 0 Å². The predicted octanol–water partition coefficient (Wildman–Crippen LogP) is 5.08. The summed E-state index contributed by atoms with van der Waals surface area (Å²) in [5.41, 5.74) is 1.10. The number of carbonyl (C=O) groups excluding carboxylic acids is 2. The molecule has 8 nitrogen and oxygen atoms in total. The number of rotatable bonds is 7. The second kappa shape index (κ2) is 8.68. The van der Waals surface area contributed by atoms with Crippen LogP contribution in [0.25, 0.3) is 10.2 Å². The maximum absolute atomic E-state index is 13.4. The molecule has 0 bridgehead atoms. The molecule has 1 N–H and O–H groups in total. The van der Waals surface area contributed by atoms with Gasteiger partial charge >= 0.3 is 0 Å². The average molecular weight is 477 g/mol. The van der Waals surface area contributed by atoms with E-state index in [0.29, 0.717) is 34.3 Å². The van der Waals surface area contributed by atoms with Gasteiger partial charge < -0.3 is 19.0 Å². The largest absolute Gasteiger partial charge is 0.503 e. The van der Waals surface area contributed by atoms with Gasteiger partial charge in [-0.05, 0) is 43.3 Å². The maximum atomic E-state index is 13.4. The van der Waals surface area contributed by atoms with Crippen LogP contribution in [-0.4, -0.2) is 35.5 Å². The van der Waals surface area contributed by atoms with Gasteiger partial charge in [-0.25, -0.2) is 4.98 Å². The Bertz CT molecular complexity index is 1420. The van der Waals surface area contributed by atoms with Gasteiger partial charge in [0.05, 0.1) is 35.8 Å². The van der Waals surface area contributed by atoms with Crippen molar-refractivity contribution < 1.29 is 28.6 Å². The Morgan fingerprint density at radius 2 is 2.03 bits per heavy atom. The van der Waals surface area contributed by atoms with Crippen LogP contribution in [-0.2, 0) is 4.79 Å². The molecule has 1 aliphatic heterocycles. The first-order valence-electron chi connectivity index (χ1n) is 10.5. The molecule has 1 aliphatic rings. The highest BCUT2D eigenvalue weighted by Gasteiger charge is 2.47. The number of furan rings is 1. The fraction of sp³-hybridized carbons (Fsp3) is 0.160. The van der Waals surface area contributed by atoms with Crippen LogP contribution in [0.3, 0.4) is 0 Å². The van der Waals surface area contributed by atoms with Gasteiger partial charge in [-0.3, -0.25) is 14.5 Å². The average Bonchev–Trinajstić information content (AvgIpc) is 3.58. The van der Waals surface area contributed by atoms with Crippen LogP contribution in [0, 0.1) is 0 Å². The molecular weight excluding hydrogens is 456 g/mol. The van der Waals surface area contributed by atoms with E-state index in [0.717, 1.165) is 4.70 Å². The minimum Gasteiger partial charge on any atom is -0.503 e. The van der Waals surface area contributed by atoms with Gasteiger partial charge in [0.25, 0.3) is 5.91 Å². The Hall–Kier alpha value is -4.11. The molecular formula is C25H20N2O6S. The molecule has 1 atom stereocenters. The highest BCUT2D eigenvalue weighted by molar-refractivity contribution is 7.22. The molecule has 172 valence electrons. The number of ketones is 1. The summed E-state index contributed by atoms with van der Waals surface area (Å²) < 4.78 is 17.2. The predicted molar refractivity (Wildman–Crippen MR) is 127 cm³/mol. The molecule has 2 aromatic carbocycles. The zero-order valence-electron chi connectivity index (χ0n) is 18.3. The number of aliphatic hydroxyl groups excluding tert-OH is 1. The zero-order valence-corrected chi connectivity index (χ0v) is 19.2. The van der Waals surface area contributed by atoms with E-state index in [1.165, 1.54) is 35.7 Å². The number of thiazole rings is 1. The maximum Gasteiger partial charge on any atom is 0.296 e. The van der Waals surface area contributed by atoms with E-state index in [9.17, 15) is 14.7 Å². The first kappa shape index (κ1) is 21.7. The SMILES string of the molecule is CCOc1ccc2nc(N3C(=O)C(O)=C(C(=O)c4ccco4)C3c3ccccc3OC)sc2c1. The van der Waals surface area contributed by atoms with Gasteiger partial charge in [-0.15, -0.1) is 0 Å². The quantitative estimate of drug-likeness (QED) is 0.371. The number of aliphatic hydroxyl groups is 1. The minimum atomic E-state index is -0.965. The number of amides is 1. The highest BCUT2D eigenvalue weighted by Crippen LogP contribution is 2.46. The molecule has 5 rings (SSSR count). The first-order valence-corrected chi connectivity index (χ1v) is 11.4. The smallest absolute Gasteiger partial charge is 0.296 e. The summed E-state index contributed by atoms with van der Waals surface area (Å²) in [4.78, 5) is 32.7. The van der Waals surface area contributed by atoms with Crippen LogP contribution in [0.15, 0.2) is 76.6 Å². The summed E-state index contributed by atoms with van der Waals surface area (Å²) in [5.74, 6) is -0.796. The van der Waals surface area contributed by atoms with Crippen LogP contribution in [0.4, 0.5) is 5.13 Å². The Balaban J connectivity index is 1.68. The molecule has 3 heterocycles. The lowest BCUT2D eigenvalue weighted by Gasteiger charge is -2.25. The summed E-state index contributed by atoms with van der Waals surface area (Å²) in [5, 5.41) is 11.2. The van der Waals surface area contributed by atoms with Crippen molar-refractivity contribution >= 4 is 38.4 Å². The third kappa shape index (κ3) is 3.50. The fourth-order valence-corrected chi connectivity index (χ4v) is 5.03. The lowest BCUT2D eigenvalue weighted by molar-refractivity contribution is -0.117. The van der Waals surface area contributed by atoms with E-state index >= 15 is 0 Å². The number of carbonyl (C=O) groups is 2. The van der Waals surface area contributed by atoms with Crippen molar-refractivity contribution in [3.05, 3.63) is 83.5 Å². The Morgan fingerprint density at radius 3 is 2.76 bits per heavy atom. The van der Waals surface area contributed by atoms with E-state index in [4.69, 9.17) is 13.9 Å². The topological polar surface area (TPSA) is 102 Å². The molecule has 4 aromatic rings. The van der Waals surface area contributed by atoms with Crippen LogP contribution in [0.2, 0.25) is 0 Å². The molecule has 0 saturated heterocycles. The number of benzene rings is 2. The number of methoxy groups -OCH3 is 1. The molecule has 0 fully saturated rings. The Kier molecular flexibility index (Phi) is 5.54. The number of para-hydroxylation sites is 1. The molecule has 0 saturated carbocycles. The summed E-state index contributed by atoms with van der Waals surface area (Å²) in [7, 11) is 1.50. The molecule has 9 heteroatoms. The summed E-state index contributed by atoms with van der Waals surface area (Å²) in [6, 6.07) is 14.6. The Labute approximate surface area is 198 Å². The van der Waals surface area contributed by atoms with Crippen LogP contribution < -0.4 is 14.4 Å². The first-order chi connectivity index (χ1) is 16.5. The van der Waals surface area contributed by atoms with Gasteiger partial charge in [0.2, 0.25) is 5.78 Å². The van der Waals surface area contributed by atoms with E-state index in [2.05, 4.69) is 4.98 Å². The number of ether oxygens (including phenoxy) is 2. The summed E-state index contributed by atoms with van der Waals surface area (Å²) in [6.45, 7) is 2.42. The fourth-order valence-electron chi connectivity index (χ4n) is 4.01. The standard InChI is InChI=1S/C25H20N2O6S/c1-3-32-14-10-11-16-19(13-14)34-25(26-16)27-21(15-7-4-5-8-17(15)31-2)20(23(29)24(27)30)22(28)18-9-6-12-33-18/h4-13,21,29H,3H2,1-2H3. The number of anilines is 1. The number of hydrogen-bond acceptors (Lipinski definition) is 8. The lowest BCUT2D eigenvalue weighted by Crippen LogP contribution is -2.31. The van der Waals surface area contributed by atoms with Gasteiger partial charge in [0.15, 0.2) is 16.7 Å². The van der Waals surface area contributed by atoms with Gasteiger partial charge in [-0.2, -0.15) is 0 Å². The van der Waals surface area contributed by atoms with E-state index in [1.807, 2.05) is 13.0 Å². The number of hydrogen-bond donors (Lipinski definition) is 1. The molecule has 0 radical (unpaired) electrons. The third-order valence-electron chi connectivity index (χ3n) is 5.50. The van der Waals surface area contributed by atoms with Crippen LogP contribution >= 0.6 is 11.3 Å². The minimum absolute atomic E-state index is 0.0155. The zero-order chi connectivity index (χ0) is 23.8. The van der Waals surface area contributed by atoms with Gasteiger partial charge in [-0.1, -0.05) is 29.5 Å². The van der Waals surface area contributed by atoms with Gasteiger partial charge in [0.1, 0.15) is 17.5 Å². The van der Waals surface area contributed by atoms with Gasteiger partial charge in [0, 0.05) is 5.56 Å². The normalized spacial score (nSPS) is 15.9. The second-order valence-electron chi connectivity index (χ2n) is 7.45. The lowest BCUT2D eigenvalue weighted by atomic mass is 9.94. The second-order valence-corrected chi connectivity index (χ2v) is 8.46. The molecule has 34 heavy (non-hydrogen) atoms. The molecule has 2 aromatic heterocycles. The molecule has 1 amide bonds. The summed E-state index contributed by atoms with van der Waals surface area (Å²) in [6.07, 6.45) is 1.36. The monoisotopic (exact) mass is 476 g/mol. The number of aromatic nitrogens is 1. The molecule has 0 spiro atoms. The van der Waals surface area contributed by atoms with Crippen molar-refractivity contribution in [3.8, 4) is 11.5 Å². The Morgan fingerprint density at radius 1 is 1.21 bits per heavy atom. The number of nitrogens with zero attached hydrogens (tertiary/aromatic N) is 2. The van der Waals surface area contributed by atoms with Crippen molar-refractivity contribution in [1.82, 2.24) is 4.98 Å². The summed E-state index contributed by atoms with van der Waals surface area (Å²) >= 11 is 1.26.